The van der Waals surface area contributed by atoms with Crippen LogP contribution in [0.15, 0.2) is 53.4 Å². The number of thioether (sulfide) groups is 2. The summed E-state index contributed by atoms with van der Waals surface area (Å²) in [6.07, 6.45) is 2.04. The Morgan fingerprint density at radius 3 is 2.52 bits per heavy atom. The molecule has 0 heterocycles. The fourth-order valence-corrected chi connectivity index (χ4v) is 2.93. The molecule has 0 radical (unpaired) electrons. The zero-order valence-corrected chi connectivity index (χ0v) is 13.3. The van der Waals surface area contributed by atoms with Gasteiger partial charge in [-0.2, -0.15) is 0 Å². The summed E-state index contributed by atoms with van der Waals surface area (Å²) in [6.45, 7) is 0. The average Bonchev–Trinajstić information content (AvgIpc) is 2.50. The monoisotopic (exact) mass is 321 g/mol. The largest absolute Gasteiger partial charge is 0.323 e. The third-order valence-corrected chi connectivity index (χ3v) is 4.56. The van der Waals surface area contributed by atoms with Crippen LogP contribution in [0, 0.1) is 5.82 Å². The lowest BCUT2D eigenvalue weighted by molar-refractivity contribution is -0.113. The van der Waals surface area contributed by atoms with E-state index in [0.717, 1.165) is 5.75 Å². The van der Waals surface area contributed by atoms with Gasteiger partial charge in [0, 0.05) is 10.6 Å². The van der Waals surface area contributed by atoms with Crippen LogP contribution in [0.25, 0.3) is 0 Å². The maximum absolute atomic E-state index is 13.4. The lowest BCUT2D eigenvalue weighted by Gasteiger charge is -2.06. The van der Waals surface area contributed by atoms with Crippen molar-refractivity contribution in [2.45, 2.75) is 10.6 Å². The normalized spacial score (nSPS) is 10.4. The zero-order chi connectivity index (χ0) is 15.1. The van der Waals surface area contributed by atoms with E-state index < -0.39 is 5.82 Å². The van der Waals surface area contributed by atoms with Crippen LogP contribution in [-0.4, -0.2) is 17.9 Å². The Morgan fingerprint density at radius 1 is 1.14 bits per heavy atom. The molecular formula is C16H16FNOS2. The lowest BCUT2D eigenvalue weighted by atomic mass is 10.2. The number of benzene rings is 2. The number of nitrogens with one attached hydrogen (secondary N) is 1. The molecule has 0 aliphatic rings. The van der Waals surface area contributed by atoms with Crippen LogP contribution in [0.4, 0.5) is 10.1 Å². The quantitative estimate of drug-likeness (QED) is 0.799. The first-order valence-corrected chi connectivity index (χ1v) is 8.82. The van der Waals surface area contributed by atoms with Crippen LogP contribution in [0.5, 0.6) is 0 Å². The Morgan fingerprint density at radius 2 is 1.86 bits per heavy atom. The Kier molecular flexibility index (Phi) is 6.14. The summed E-state index contributed by atoms with van der Waals surface area (Å²) in [5.41, 5.74) is 1.41. The number of rotatable bonds is 6. The van der Waals surface area contributed by atoms with Gasteiger partial charge in [-0.3, -0.25) is 4.79 Å². The summed E-state index contributed by atoms with van der Waals surface area (Å²) in [4.78, 5) is 13.0. The molecule has 2 aromatic rings. The SMILES string of the molecule is CSc1ccc(CSCC(=O)Nc2ccccc2F)cc1. The molecule has 0 unspecified atom stereocenters. The van der Waals surface area contributed by atoms with Gasteiger partial charge in [-0.1, -0.05) is 24.3 Å². The van der Waals surface area contributed by atoms with E-state index in [4.69, 9.17) is 0 Å². The molecule has 2 nitrogen and oxygen atoms in total. The summed E-state index contributed by atoms with van der Waals surface area (Å²) in [7, 11) is 0. The Hall–Kier alpha value is -1.46. The van der Waals surface area contributed by atoms with Gasteiger partial charge in [0.2, 0.25) is 5.91 Å². The summed E-state index contributed by atoms with van der Waals surface area (Å²) >= 11 is 3.21. The van der Waals surface area contributed by atoms with E-state index in [9.17, 15) is 9.18 Å². The van der Waals surface area contributed by atoms with Crippen LogP contribution >= 0.6 is 23.5 Å². The summed E-state index contributed by atoms with van der Waals surface area (Å²) in [5.74, 6) is 0.465. The molecule has 0 aromatic heterocycles. The molecule has 110 valence electrons. The molecule has 0 aliphatic heterocycles. The van der Waals surface area contributed by atoms with Gasteiger partial charge in [-0.15, -0.1) is 23.5 Å². The molecule has 0 saturated heterocycles. The molecule has 0 atom stereocenters. The van der Waals surface area contributed by atoms with E-state index in [1.165, 1.54) is 28.3 Å². The number of para-hydroxylation sites is 1. The highest BCUT2D eigenvalue weighted by Crippen LogP contribution is 2.19. The van der Waals surface area contributed by atoms with Crippen molar-refractivity contribution in [3.63, 3.8) is 0 Å². The lowest BCUT2D eigenvalue weighted by Crippen LogP contribution is -2.15. The van der Waals surface area contributed by atoms with E-state index in [2.05, 4.69) is 29.6 Å². The van der Waals surface area contributed by atoms with Gasteiger partial charge in [0.25, 0.3) is 0 Å². The molecule has 5 heteroatoms. The molecule has 1 amide bonds. The highest BCUT2D eigenvalue weighted by atomic mass is 32.2. The Labute approximate surface area is 132 Å². The first kappa shape index (κ1) is 15.9. The number of amides is 1. The smallest absolute Gasteiger partial charge is 0.234 e. The number of hydrogen-bond donors (Lipinski definition) is 1. The average molecular weight is 321 g/mol. The van der Waals surface area contributed by atoms with Gasteiger partial charge in [0.05, 0.1) is 11.4 Å². The molecule has 0 fully saturated rings. The molecule has 2 rings (SSSR count). The topological polar surface area (TPSA) is 29.1 Å². The number of carbonyl (C=O) groups is 1. The van der Waals surface area contributed by atoms with Crippen molar-refractivity contribution < 1.29 is 9.18 Å². The zero-order valence-electron chi connectivity index (χ0n) is 11.6. The van der Waals surface area contributed by atoms with E-state index in [-0.39, 0.29) is 11.6 Å². The summed E-state index contributed by atoms with van der Waals surface area (Å²) < 4.78 is 13.4. The van der Waals surface area contributed by atoms with E-state index in [1.54, 1.807) is 30.0 Å². The maximum atomic E-state index is 13.4. The van der Waals surface area contributed by atoms with Crippen LogP contribution in [0.2, 0.25) is 0 Å². The van der Waals surface area contributed by atoms with Crippen LogP contribution in [0.1, 0.15) is 5.56 Å². The number of anilines is 1. The molecular weight excluding hydrogens is 305 g/mol. The van der Waals surface area contributed by atoms with Crippen molar-refractivity contribution in [2.75, 3.05) is 17.3 Å². The third-order valence-electron chi connectivity index (χ3n) is 2.81. The predicted octanol–water partition coefficient (Wildman–Crippen LogP) is 4.42. The van der Waals surface area contributed by atoms with Crippen molar-refractivity contribution in [1.82, 2.24) is 0 Å². The second-order valence-corrected chi connectivity index (χ2v) is 6.23. The highest BCUT2D eigenvalue weighted by Gasteiger charge is 2.06. The van der Waals surface area contributed by atoms with Crippen molar-refractivity contribution in [2.24, 2.45) is 0 Å². The molecule has 0 saturated carbocycles. The van der Waals surface area contributed by atoms with E-state index >= 15 is 0 Å². The maximum Gasteiger partial charge on any atom is 0.234 e. The minimum Gasteiger partial charge on any atom is -0.323 e. The van der Waals surface area contributed by atoms with Crippen molar-refractivity contribution in [3.05, 3.63) is 59.9 Å². The minimum absolute atomic E-state index is 0.189. The van der Waals surface area contributed by atoms with Crippen LogP contribution in [0.3, 0.4) is 0 Å². The molecule has 2 aromatic carbocycles. The van der Waals surface area contributed by atoms with Gasteiger partial charge >= 0.3 is 0 Å². The second-order valence-electron chi connectivity index (χ2n) is 4.37. The molecule has 21 heavy (non-hydrogen) atoms. The van der Waals surface area contributed by atoms with Crippen LogP contribution in [-0.2, 0) is 10.5 Å². The van der Waals surface area contributed by atoms with Crippen molar-refractivity contribution in [1.29, 1.82) is 0 Å². The Bertz CT molecular complexity index is 601. The van der Waals surface area contributed by atoms with Gasteiger partial charge < -0.3 is 5.32 Å². The first-order chi connectivity index (χ1) is 10.2. The standard InChI is InChI=1S/C16H16FNOS2/c1-20-13-8-6-12(7-9-13)10-21-11-16(19)18-15-5-3-2-4-14(15)17/h2-9H,10-11H2,1H3,(H,18,19). The number of hydrogen-bond acceptors (Lipinski definition) is 3. The van der Waals surface area contributed by atoms with Gasteiger partial charge in [0.15, 0.2) is 0 Å². The highest BCUT2D eigenvalue weighted by molar-refractivity contribution is 7.99. The Balaban J connectivity index is 1.77. The molecule has 0 aliphatic carbocycles. The van der Waals surface area contributed by atoms with Gasteiger partial charge in [-0.05, 0) is 36.1 Å². The molecule has 1 N–H and O–H groups in total. The fourth-order valence-electron chi connectivity index (χ4n) is 1.73. The predicted molar refractivity (Wildman–Crippen MR) is 89.4 cm³/mol. The van der Waals surface area contributed by atoms with Crippen molar-refractivity contribution in [3.8, 4) is 0 Å². The van der Waals surface area contributed by atoms with E-state index in [1.807, 2.05) is 6.26 Å². The molecule has 0 bridgehead atoms. The number of halogens is 1. The van der Waals surface area contributed by atoms with Gasteiger partial charge in [0.1, 0.15) is 5.82 Å². The third kappa shape index (κ3) is 5.10. The van der Waals surface area contributed by atoms with Gasteiger partial charge in [-0.25, -0.2) is 4.39 Å². The van der Waals surface area contributed by atoms with Crippen molar-refractivity contribution >= 4 is 35.1 Å². The van der Waals surface area contributed by atoms with E-state index in [0.29, 0.717) is 5.75 Å². The fraction of sp³-hybridized carbons (Fsp3) is 0.188. The summed E-state index contributed by atoms with van der Waals surface area (Å²) in [5, 5.41) is 2.58. The molecule has 0 spiro atoms. The second kappa shape index (κ2) is 8.10. The number of carbonyl (C=O) groups excluding carboxylic acids is 1. The summed E-state index contributed by atoms with van der Waals surface area (Å²) in [6, 6.07) is 14.4. The minimum atomic E-state index is -0.413. The van der Waals surface area contributed by atoms with Crippen LogP contribution < -0.4 is 5.32 Å². The first-order valence-electron chi connectivity index (χ1n) is 6.44.